The molecule has 5 nitrogen and oxygen atoms in total. The number of benzene rings is 2. The Hall–Kier alpha value is -2.99. The number of hydrogen-bond donors (Lipinski definition) is 2. The molecule has 6 heteroatoms. The molecule has 1 aliphatic heterocycles. The summed E-state index contributed by atoms with van der Waals surface area (Å²) in [6.45, 7) is 5.83. The average Bonchev–Trinajstić information content (AvgIpc) is 3.17. The number of halogens is 1. The smallest absolute Gasteiger partial charge is 0.259 e. The second-order valence-corrected chi connectivity index (χ2v) is 7.61. The Morgan fingerprint density at radius 2 is 1.93 bits per heavy atom. The lowest BCUT2D eigenvalue weighted by Crippen LogP contribution is -2.29. The number of anilines is 1. The third-order valence-corrected chi connectivity index (χ3v) is 5.59. The first-order chi connectivity index (χ1) is 14.0. The highest BCUT2D eigenvalue weighted by Crippen LogP contribution is 2.31. The number of carbonyl (C=O) groups excluding carboxylic acids is 1. The second-order valence-electron chi connectivity index (χ2n) is 7.61. The lowest BCUT2D eigenvalue weighted by atomic mass is 9.91. The van der Waals surface area contributed by atoms with Crippen LogP contribution in [-0.4, -0.2) is 28.8 Å². The van der Waals surface area contributed by atoms with Gasteiger partial charge in [-0.3, -0.25) is 4.79 Å². The lowest BCUT2D eigenvalue weighted by Gasteiger charge is -2.24. The van der Waals surface area contributed by atoms with Crippen molar-refractivity contribution in [3.8, 4) is 5.69 Å². The van der Waals surface area contributed by atoms with Crippen LogP contribution >= 0.6 is 0 Å². The maximum absolute atomic E-state index is 13.8. The zero-order valence-corrected chi connectivity index (χ0v) is 16.7. The molecule has 2 N–H and O–H groups in total. The summed E-state index contributed by atoms with van der Waals surface area (Å²) < 4.78 is 15.5. The lowest BCUT2D eigenvalue weighted by molar-refractivity contribution is 0.102. The molecule has 1 amide bonds. The predicted molar refractivity (Wildman–Crippen MR) is 112 cm³/mol. The van der Waals surface area contributed by atoms with Crippen LogP contribution in [0.15, 0.2) is 48.7 Å². The monoisotopic (exact) mass is 392 g/mol. The van der Waals surface area contributed by atoms with Crippen LogP contribution in [0.1, 0.15) is 45.9 Å². The minimum Gasteiger partial charge on any atom is -0.322 e. The summed E-state index contributed by atoms with van der Waals surface area (Å²) in [5.74, 6) is -0.331. The summed E-state index contributed by atoms with van der Waals surface area (Å²) in [4.78, 5) is 13.1. The molecule has 29 heavy (non-hydrogen) atoms. The summed E-state index contributed by atoms with van der Waals surface area (Å²) in [5, 5.41) is 10.8. The number of hydrogen-bond acceptors (Lipinski definition) is 3. The van der Waals surface area contributed by atoms with E-state index in [2.05, 4.69) is 15.7 Å². The summed E-state index contributed by atoms with van der Waals surface area (Å²) >= 11 is 0. The third kappa shape index (κ3) is 4.07. The molecule has 2 heterocycles. The number of piperidine rings is 1. The Morgan fingerprint density at radius 1 is 1.14 bits per heavy atom. The van der Waals surface area contributed by atoms with Gasteiger partial charge in [-0.1, -0.05) is 12.1 Å². The first kappa shape index (κ1) is 19.3. The topological polar surface area (TPSA) is 59.0 Å². The van der Waals surface area contributed by atoms with E-state index < -0.39 is 0 Å². The van der Waals surface area contributed by atoms with Gasteiger partial charge in [-0.25, -0.2) is 9.07 Å². The van der Waals surface area contributed by atoms with E-state index in [0.29, 0.717) is 11.3 Å². The van der Waals surface area contributed by atoms with E-state index in [1.165, 1.54) is 17.7 Å². The van der Waals surface area contributed by atoms with Gasteiger partial charge in [-0.15, -0.1) is 0 Å². The Balaban J connectivity index is 1.72. The van der Waals surface area contributed by atoms with Gasteiger partial charge in [0.25, 0.3) is 5.91 Å². The van der Waals surface area contributed by atoms with Crippen molar-refractivity contribution in [2.24, 2.45) is 0 Å². The number of aryl methyl sites for hydroxylation is 2. The maximum Gasteiger partial charge on any atom is 0.259 e. The molecule has 0 bridgehead atoms. The van der Waals surface area contributed by atoms with Gasteiger partial charge in [0, 0.05) is 11.6 Å². The minimum absolute atomic E-state index is 0.183. The van der Waals surface area contributed by atoms with Crippen LogP contribution in [0.3, 0.4) is 0 Å². The molecule has 0 aliphatic carbocycles. The van der Waals surface area contributed by atoms with Gasteiger partial charge in [0.2, 0.25) is 0 Å². The first-order valence-corrected chi connectivity index (χ1v) is 9.96. The van der Waals surface area contributed by atoms with E-state index in [0.717, 1.165) is 42.9 Å². The van der Waals surface area contributed by atoms with Gasteiger partial charge in [0.15, 0.2) is 0 Å². The molecule has 0 radical (unpaired) electrons. The SMILES string of the molecule is Cc1ccc(NC(=O)c2cnn(-c3cccc(F)c3)c2C2CCNCC2)cc1C. The van der Waals surface area contributed by atoms with Crippen molar-refractivity contribution in [3.63, 3.8) is 0 Å². The molecule has 0 atom stereocenters. The van der Waals surface area contributed by atoms with E-state index in [1.807, 2.05) is 38.1 Å². The number of carbonyl (C=O) groups is 1. The summed E-state index contributed by atoms with van der Waals surface area (Å²) in [5.41, 5.74) is 5.07. The Bertz CT molecular complexity index is 1040. The quantitative estimate of drug-likeness (QED) is 0.694. The van der Waals surface area contributed by atoms with Crippen LogP contribution in [0.25, 0.3) is 5.69 Å². The number of nitrogens with one attached hydrogen (secondary N) is 2. The third-order valence-electron chi connectivity index (χ3n) is 5.59. The molecule has 1 fully saturated rings. The number of aromatic nitrogens is 2. The van der Waals surface area contributed by atoms with Crippen LogP contribution in [0.4, 0.5) is 10.1 Å². The van der Waals surface area contributed by atoms with Crippen molar-refractivity contribution in [2.45, 2.75) is 32.6 Å². The number of nitrogens with zero attached hydrogens (tertiary/aromatic N) is 2. The van der Waals surface area contributed by atoms with Crippen molar-refractivity contribution >= 4 is 11.6 Å². The first-order valence-electron chi connectivity index (χ1n) is 9.96. The van der Waals surface area contributed by atoms with Gasteiger partial charge in [-0.2, -0.15) is 5.10 Å². The zero-order valence-electron chi connectivity index (χ0n) is 16.7. The predicted octanol–water partition coefficient (Wildman–Crippen LogP) is 4.35. The Labute approximate surface area is 169 Å². The minimum atomic E-state index is -0.324. The van der Waals surface area contributed by atoms with Crippen LogP contribution in [0, 0.1) is 19.7 Å². The number of amides is 1. The van der Waals surface area contributed by atoms with Gasteiger partial charge in [0.1, 0.15) is 5.82 Å². The van der Waals surface area contributed by atoms with Crippen molar-refractivity contribution in [3.05, 3.63) is 76.9 Å². The molecule has 3 aromatic rings. The van der Waals surface area contributed by atoms with Crippen molar-refractivity contribution in [2.75, 3.05) is 18.4 Å². The number of rotatable bonds is 4. The zero-order chi connectivity index (χ0) is 20.4. The van der Waals surface area contributed by atoms with E-state index in [9.17, 15) is 9.18 Å². The van der Waals surface area contributed by atoms with Crippen LogP contribution in [0.5, 0.6) is 0 Å². The molecule has 4 rings (SSSR count). The van der Waals surface area contributed by atoms with E-state index in [1.54, 1.807) is 16.9 Å². The summed E-state index contributed by atoms with van der Waals surface area (Å²) in [6, 6.07) is 12.2. The van der Waals surface area contributed by atoms with Gasteiger partial charge in [-0.05, 0) is 81.2 Å². The molecule has 0 saturated carbocycles. The van der Waals surface area contributed by atoms with Crippen molar-refractivity contribution in [1.29, 1.82) is 0 Å². The largest absolute Gasteiger partial charge is 0.322 e. The molecular weight excluding hydrogens is 367 g/mol. The van der Waals surface area contributed by atoms with Crippen molar-refractivity contribution in [1.82, 2.24) is 15.1 Å². The highest BCUT2D eigenvalue weighted by molar-refractivity contribution is 6.05. The highest BCUT2D eigenvalue weighted by atomic mass is 19.1. The fourth-order valence-corrected chi connectivity index (χ4v) is 3.85. The average molecular weight is 392 g/mol. The second kappa shape index (κ2) is 8.17. The maximum atomic E-state index is 13.8. The van der Waals surface area contributed by atoms with Crippen molar-refractivity contribution < 1.29 is 9.18 Å². The van der Waals surface area contributed by atoms with E-state index >= 15 is 0 Å². The van der Waals surface area contributed by atoms with E-state index in [-0.39, 0.29) is 17.6 Å². The molecule has 0 unspecified atom stereocenters. The molecule has 150 valence electrons. The van der Waals surface area contributed by atoms with E-state index in [4.69, 9.17) is 0 Å². The highest BCUT2D eigenvalue weighted by Gasteiger charge is 2.27. The fourth-order valence-electron chi connectivity index (χ4n) is 3.85. The fraction of sp³-hybridized carbons (Fsp3) is 0.304. The summed E-state index contributed by atoms with van der Waals surface area (Å²) in [6.07, 6.45) is 3.41. The Kier molecular flexibility index (Phi) is 5.45. The molecule has 1 saturated heterocycles. The molecular formula is C23H25FN4O. The molecule has 2 aromatic carbocycles. The van der Waals surface area contributed by atoms with Gasteiger partial charge < -0.3 is 10.6 Å². The van der Waals surface area contributed by atoms with Crippen LogP contribution < -0.4 is 10.6 Å². The summed E-state index contributed by atoms with van der Waals surface area (Å²) in [7, 11) is 0. The van der Waals surface area contributed by atoms with Crippen LogP contribution in [-0.2, 0) is 0 Å². The Morgan fingerprint density at radius 3 is 2.66 bits per heavy atom. The normalized spacial score (nSPS) is 14.7. The van der Waals surface area contributed by atoms with Gasteiger partial charge >= 0.3 is 0 Å². The molecule has 1 aliphatic rings. The van der Waals surface area contributed by atoms with Gasteiger partial charge in [0.05, 0.1) is 23.1 Å². The van der Waals surface area contributed by atoms with Crippen LogP contribution in [0.2, 0.25) is 0 Å². The molecule has 1 aromatic heterocycles. The standard InChI is InChI=1S/C23H25FN4O/c1-15-6-7-19(12-16(15)2)27-23(29)21-14-26-28(20-5-3-4-18(24)13-20)22(21)17-8-10-25-11-9-17/h3-7,12-14,17,25H,8-11H2,1-2H3,(H,27,29). The molecule has 0 spiro atoms.